The highest BCUT2D eigenvalue weighted by atomic mass is 35.5. The van der Waals surface area contributed by atoms with Crippen molar-refractivity contribution in [3.8, 4) is 0 Å². The number of nitrogens with zero attached hydrogens (tertiary/aromatic N) is 2. The molecule has 0 aliphatic rings. The molecule has 7 heteroatoms. The lowest BCUT2D eigenvalue weighted by atomic mass is 10.1. The van der Waals surface area contributed by atoms with Crippen molar-refractivity contribution in [1.82, 2.24) is 4.90 Å². The minimum absolute atomic E-state index is 0.0117. The zero-order valence-electron chi connectivity index (χ0n) is 13.5. The summed E-state index contributed by atoms with van der Waals surface area (Å²) < 4.78 is 0. The SMILES string of the molecule is Cc1c(NC(=O)CN(C)Cc2ccc(Cl)cc2)cccc1[N+](=O)[O-]. The molecule has 0 radical (unpaired) electrons. The molecule has 0 saturated carbocycles. The summed E-state index contributed by atoms with van der Waals surface area (Å²) in [5.41, 5.74) is 1.92. The molecular weight excluding hydrogens is 330 g/mol. The van der Waals surface area contributed by atoms with Gasteiger partial charge in [-0.05, 0) is 37.7 Å². The van der Waals surface area contributed by atoms with Crippen LogP contribution in [0, 0.1) is 17.0 Å². The monoisotopic (exact) mass is 347 g/mol. The molecule has 0 spiro atoms. The normalized spacial score (nSPS) is 10.7. The highest BCUT2D eigenvalue weighted by Gasteiger charge is 2.15. The average molecular weight is 348 g/mol. The van der Waals surface area contributed by atoms with Gasteiger partial charge in [0.2, 0.25) is 5.91 Å². The Hall–Kier alpha value is -2.44. The average Bonchev–Trinajstić information content (AvgIpc) is 2.51. The highest BCUT2D eigenvalue weighted by Crippen LogP contribution is 2.24. The van der Waals surface area contributed by atoms with Crippen molar-refractivity contribution in [2.45, 2.75) is 13.5 Å². The Kier molecular flexibility index (Phi) is 5.89. The first kappa shape index (κ1) is 17.9. The Morgan fingerprint density at radius 2 is 1.92 bits per heavy atom. The van der Waals surface area contributed by atoms with Gasteiger partial charge in [0.25, 0.3) is 5.69 Å². The maximum atomic E-state index is 12.2. The topological polar surface area (TPSA) is 75.5 Å². The predicted octanol–water partition coefficient (Wildman–Crippen LogP) is 3.63. The van der Waals surface area contributed by atoms with Crippen LogP contribution in [0.5, 0.6) is 0 Å². The smallest absolute Gasteiger partial charge is 0.274 e. The minimum atomic E-state index is -0.461. The lowest BCUT2D eigenvalue weighted by Gasteiger charge is -2.17. The van der Waals surface area contributed by atoms with Gasteiger partial charge in [-0.1, -0.05) is 29.8 Å². The minimum Gasteiger partial charge on any atom is -0.324 e. The molecule has 0 aromatic heterocycles. The number of anilines is 1. The first-order valence-electron chi connectivity index (χ1n) is 7.33. The fraction of sp³-hybridized carbons (Fsp3) is 0.235. The van der Waals surface area contributed by atoms with Crippen molar-refractivity contribution >= 4 is 28.9 Å². The number of nitro groups is 1. The molecule has 2 aromatic carbocycles. The summed E-state index contributed by atoms with van der Waals surface area (Å²) in [5.74, 6) is -0.227. The predicted molar refractivity (Wildman–Crippen MR) is 94.2 cm³/mol. The number of benzene rings is 2. The van der Waals surface area contributed by atoms with Gasteiger partial charge >= 0.3 is 0 Å². The van der Waals surface area contributed by atoms with Crippen molar-refractivity contribution in [3.63, 3.8) is 0 Å². The van der Waals surface area contributed by atoms with Crippen molar-refractivity contribution < 1.29 is 9.72 Å². The molecule has 0 bridgehead atoms. The summed E-state index contributed by atoms with van der Waals surface area (Å²) in [4.78, 5) is 24.5. The lowest BCUT2D eigenvalue weighted by Crippen LogP contribution is -2.30. The van der Waals surface area contributed by atoms with E-state index in [2.05, 4.69) is 5.32 Å². The summed E-state index contributed by atoms with van der Waals surface area (Å²) in [5, 5.41) is 14.3. The fourth-order valence-electron chi connectivity index (χ4n) is 2.35. The Balaban J connectivity index is 1.96. The van der Waals surface area contributed by atoms with Crippen molar-refractivity contribution in [1.29, 1.82) is 0 Å². The molecule has 0 unspecified atom stereocenters. The number of likely N-dealkylation sites (N-methyl/N-ethyl adjacent to an activating group) is 1. The van der Waals surface area contributed by atoms with Gasteiger partial charge in [-0.15, -0.1) is 0 Å². The van der Waals surface area contributed by atoms with Gasteiger partial charge in [-0.3, -0.25) is 19.8 Å². The molecule has 1 amide bonds. The van der Waals surface area contributed by atoms with E-state index >= 15 is 0 Å². The highest BCUT2D eigenvalue weighted by molar-refractivity contribution is 6.30. The van der Waals surface area contributed by atoms with Gasteiger partial charge in [0.05, 0.1) is 22.7 Å². The Morgan fingerprint density at radius 1 is 1.25 bits per heavy atom. The van der Waals surface area contributed by atoms with Gasteiger partial charge in [-0.25, -0.2) is 0 Å². The Labute approximate surface area is 145 Å². The largest absolute Gasteiger partial charge is 0.324 e. The van der Waals surface area contributed by atoms with Crippen LogP contribution >= 0.6 is 11.6 Å². The molecule has 0 heterocycles. The van der Waals surface area contributed by atoms with Gasteiger partial charge in [-0.2, -0.15) is 0 Å². The van der Waals surface area contributed by atoms with Crippen LogP contribution in [-0.2, 0) is 11.3 Å². The van der Waals surface area contributed by atoms with Crippen molar-refractivity contribution in [2.75, 3.05) is 18.9 Å². The van der Waals surface area contributed by atoms with Crippen molar-refractivity contribution in [3.05, 3.63) is 68.7 Å². The third kappa shape index (κ3) is 4.78. The van der Waals surface area contributed by atoms with Crippen LogP contribution in [-0.4, -0.2) is 29.3 Å². The first-order chi connectivity index (χ1) is 11.4. The first-order valence-corrected chi connectivity index (χ1v) is 7.71. The van der Waals surface area contributed by atoms with Crippen LogP contribution in [0.1, 0.15) is 11.1 Å². The number of carbonyl (C=O) groups excluding carboxylic acids is 1. The molecule has 0 atom stereocenters. The second-order valence-electron chi connectivity index (χ2n) is 5.55. The summed E-state index contributed by atoms with van der Waals surface area (Å²) in [6, 6.07) is 12.0. The number of nitro benzene ring substituents is 1. The molecule has 0 aliphatic heterocycles. The second kappa shape index (κ2) is 7.90. The molecule has 6 nitrogen and oxygen atoms in total. The summed E-state index contributed by atoms with van der Waals surface area (Å²) in [6.45, 7) is 2.38. The molecule has 1 N–H and O–H groups in total. The zero-order valence-corrected chi connectivity index (χ0v) is 14.2. The summed E-state index contributed by atoms with van der Waals surface area (Å²) in [6.07, 6.45) is 0. The van der Waals surface area contributed by atoms with Gasteiger partial charge < -0.3 is 5.32 Å². The quantitative estimate of drug-likeness (QED) is 0.639. The van der Waals surface area contributed by atoms with E-state index in [4.69, 9.17) is 11.6 Å². The summed E-state index contributed by atoms with van der Waals surface area (Å²) >= 11 is 5.85. The van der Waals surface area contributed by atoms with Gasteiger partial charge in [0.15, 0.2) is 0 Å². The van der Waals surface area contributed by atoms with E-state index < -0.39 is 4.92 Å². The van der Waals surface area contributed by atoms with E-state index in [1.807, 2.05) is 24.1 Å². The molecular formula is C17H18ClN3O3. The van der Waals surface area contributed by atoms with E-state index in [1.54, 1.807) is 31.2 Å². The Morgan fingerprint density at radius 3 is 2.54 bits per heavy atom. The number of rotatable bonds is 6. The fourth-order valence-corrected chi connectivity index (χ4v) is 2.47. The third-order valence-electron chi connectivity index (χ3n) is 3.56. The number of carbonyl (C=O) groups is 1. The molecule has 0 saturated heterocycles. The number of hydrogen-bond acceptors (Lipinski definition) is 4. The van der Waals surface area contributed by atoms with Gasteiger partial charge in [0, 0.05) is 17.6 Å². The number of halogens is 1. The third-order valence-corrected chi connectivity index (χ3v) is 3.81. The molecule has 2 aromatic rings. The molecule has 24 heavy (non-hydrogen) atoms. The zero-order chi connectivity index (χ0) is 17.7. The number of nitrogens with one attached hydrogen (secondary N) is 1. The van der Waals surface area contributed by atoms with E-state index in [9.17, 15) is 14.9 Å². The standard InChI is InChI=1S/C17H18ClN3O3/c1-12-15(4-3-5-16(12)21(23)24)19-17(22)11-20(2)10-13-6-8-14(18)9-7-13/h3-9H,10-11H2,1-2H3,(H,19,22). The maximum Gasteiger partial charge on any atom is 0.274 e. The van der Waals surface area contributed by atoms with Crippen LogP contribution in [0.3, 0.4) is 0 Å². The second-order valence-corrected chi connectivity index (χ2v) is 5.99. The lowest BCUT2D eigenvalue weighted by molar-refractivity contribution is -0.385. The molecule has 126 valence electrons. The van der Waals surface area contributed by atoms with E-state index in [-0.39, 0.29) is 18.1 Å². The van der Waals surface area contributed by atoms with E-state index in [1.165, 1.54) is 6.07 Å². The van der Waals surface area contributed by atoms with Crippen LogP contribution in [0.25, 0.3) is 0 Å². The number of hydrogen-bond donors (Lipinski definition) is 1. The summed E-state index contributed by atoms with van der Waals surface area (Å²) in [7, 11) is 1.83. The molecule has 0 aliphatic carbocycles. The molecule has 0 fully saturated rings. The van der Waals surface area contributed by atoms with Crippen LogP contribution in [0.2, 0.25) is 5.02 Å². The maximum absolute atomic E-state index is 12.2. The van der Waals surface area contributed by atoms with E-state index in [0.29, 0.717) is 22.8 Å². The number of amides is 1. The van der Waals surface area contributed by atoms with Crippen molar-refractivity contribution in [2.24, 2.45) is 0 Å². The Bertz CT molecular complexity index is 747. The van der Waals surface area contributed by atoms with Crippen LogP contribution < -0.4 is 5.32 Å². The van der Waals surface area contributed by atoms with Crippen LogP contribution in [0.4, 0.5) is 11.4 Å². The molecule has 2 rings (SSSR count). The van der Waals surface area contributed by atoms with E-state index in [0.717, 1.165) is 5.56 Å². The van der Waals surface area contributed by atoms with Gasteiger partial charge in [0.1, 0.15) is 0 Å². The van der Waals surface area contributed by atoms with Crippen LogP contribution in [0.15, 0.2) is 42.5 Å².